The number of hydrogen-bond acceptors (Lipinski definition) is 2. The molecule has 1 aromatic heterocycles. The average Bonchev–Trinajstić information content (AvgIpc) is 2.76. The van der Waals surface area contributed by atoms with E-state index in [1.807, 2.05) is 11.8 Å². The second-order valence-corrected chi connectivity index (χ2v) is 4.48. The maximum atomic E-state index is 12.2. The molecule has 1 amide bonds. The highest BCUT2D eigenvalue weighted by atomic mass is 35.5. The fourth-order valence-electron chi connectivity index (χ4n) is 1.83. The average molecular weight is 258 g/mol. The summed E-state index contributed by atoms with van der Waals surface area (Å²) >= 11 is 5.83. The van der Waals surface area contributed by atoms with Crippen LogP contribution in [0.3, 0.4) is 0 Å². The molecule has 0 bridgehead atoms. The Hall–Kier alpha value is -0.960. The highest BCUT2D eigenvalue weighted by Gasteiger charge is 2.20. The molecular formula is C13H20ClNO2. The van der Waals surface area contributed by atoms with Gasteiger partial charge in [-0.1, -0.05) is 26.7 Å². The first-order valence-electron chi connectivity index (χ1n) is 6.16. The van der Waals surface area contributed by atoms with Crippen LogP contribution in [0.15, 0.2) is 16.7 Å². The van der Waals surface area contributed by atoms with Crippen molar-refractivity contribution in [2.75, 3.05) is 13.1 Å². The van der Waals surface area contributed by atoms with Gasteiger partial charge in [-0.15, -0.1) is 0 Å². The molecular weight excluding hydrogens is 238 g/mol. The summed E-state index contributed by atoms with van der Waals surface area (Å²) in [6, 6.07) is 1.63. The van der Waals surface area contributed by atoms with Crippen molar-refractivity contribution in [3.63, 3.8) is 0 Å². The molecule has 0 aliphatic heterocycles. The van der Waals surface area contributed by atoms with Crippen LogP contribution in [-0.4, -0.2) is 23.9 Å². The number of halogens is 1. The molecule has 0 aliphatic carbocycles. The molecule has 0 saturated carbocycles. The van der Waals surface area contributed by atoms with Crippen LogP contribution in [0.2, 0.25) is 5.22 Å². The minimum atomic E-state index is -0.0434. The van der Waals surface area contributed by atoms with Crippen molar-refractivity contribution in [2.24, 2.45) is 5.92 Å². The van der Waals surface area contributed by atoms with Crippen LogP contribution in [-0.2, 0) is 0 Å². The van der Waals surface area contributed by atoms with Crippen LogP contribution in [0.1, 0.15) is 44.0 Å². The zero-order valence-corrected chi connectivity index (χ0v) is 11.5. The van der Waals surface area contributed by atoms with Crippen molar-refractivity contribution in [3.8, 4) is 0 Å². The van der Waals surface area contributed by atoms with E-state index in [9.17, 15) is 4.79 Å². The van der Waals surface area contributed by atoms with Gasteiger partial charge in [-0.25, -0.2) is 0 Å². The van der Waals surface area contributed by atoms with E-state index in [2.05, 4.69) is 13.8 Å². The molecule has 0 radical (unpaired) electrons. The summed E-state index contributed by atoms with van der Waals surface area (Å²) in [4.78, 5) is 14.0. The quantitative estimate of drug-likeness (QED) is 0.776. The summed E-state index contributed by atoms with van der Waals surface area (Å²) in [5.74, 6) is 0.503. The smallest absolute Gasteiger partial charge is 0.258 e. The third-order valence-corrected chi connectivity index (χ3v) is 3.44. The molecule has 1 heterocycles. The Morgan fingerprint density at radius 3 is 2.47 bits per heavy atom. The number of nitrogens with zero attached hydrogens (tertiary/aromatic N) is 1. The predicted octanol–water partition coefficient (Wildman–Crippen LogP) is 3.83. The molecule has 1 rings (SSSR count). The Labute approximate surface area is 108 Å². The van der Waals surface area contributed by atoms with Gasteiger partial charge in [0.25, 0.3) is 5.91 Å². The van der Waals surface area contributed by atoms with E-state index < -0.39 is 0 Å². The van der Waals surface area contributed by atoms with Gasteiger partial charge in [0.1, 0.15) is 0 Å². The summed E-state index contributed by atoms with van der Waals surface area (Å²) in [5, 5.41) is 0.179. The van der Waals surface area contributed by atoms with Crippen molar-refractivity contribution in [3.05, 3.63) is 23.1 Å². The molecule has 4 heteroatoms. The molecule has 0 N–H and O–H groups in total. The monoisotopic (exact) mass is 257 g/mol. The molecule has 17 heavy (non-hydrogen) atoms. The molecule has 1 aromatic rings. The highest BCUT2D eigenvalue weighted by molar-refractivity contribution is 6.32. The second-order valence-electron chi connectivity index (χ2n) is 4.13. The first kappa shape index (κ1) is 14.1. The number of amides is 1. The van der Waals surface area contributed by atoms with Gasteiger partial charge in [0.2, 0.25) is 5.22 Å². The van der Waals surface area contributed by atoms with E-state index in [0.29, 0.717) is 18.0 Å². The molecule has 0 spiro atoms. The predicted molar refractivity (Wildman–Crippen MR) is 69.4 cm³/mol. The van der Waals surface area contributed by atoms with E-state index >= 15 is 0 Å². The Morgan fingerprint density at radius 1 is 1.41 bits per heavy atom. The van der Waals surface area contributed by atoms with Crippen molar-refractivity contribution in [1.29, 1.82) is 0 Å². The van der Waals surface area contributed by atoms with Crippen molar-refractivity contribution in [2.45, 2.75) is 33.6 Å². The summed E-state index contributed by atoms with van der Waals surface area (Å²) in [6.07, 6.45) is 3.61. The molecule has 0 atom stereocenters. The third-order valence-electron chi connectivity index (χ3n) is 3.15. The maximum absolute atomic E-state index is 12.2. The number of hydrogen-bond donors (Lipinski definition) is 0. The van der Waals surface area contributed by atoms with Gasteiger partial charge < -0.3 is 9.32 Å². The Morgan fingerprint density at radius 2 is 2.06 bits per heavy atom. The summed E-state index contributed by atoms with van der Waals surface area (Å²) < 4.78 is 4.96. The summed E-state index contributed by atoms with van der Waals surface area (Å²) in [5.41, 5.74) is 0.458. The van der Waals surface area contributed by atoms with Crippen LogP contribution in [0, 0.1) is 5.92 Å². The lowest BCUT2D eigenvalue weighted by atomic mass is 10.0. The number of carbonyl (C=O) groups is 1. The molecule has 96 valence electrons. The molecule has 0 saturated heterocycles. The third kappa shape index (κ3) is 3.50. The zero-order valence-electron chi connectivity index (χ0n) is 10.7. The molecule has 0 fully saturated rings. The van der Waals surface area contributed by atoms with Crippen molar-refractivity contribution < 1.29 is 9.21 Å². The fraction of sp³-hybridized carbons (Fsp3) is 0.615. The Kier molecular flexibility index (Phi) is 5.56. The topological polar surface area (TPSA) is 33.5 Å². The fourth-order valence-corrected chi connectivity index (χ4v) is 2.03. The first-order valence-corrected chi connectivity index (χ1v) is 6.54. The SMILES string of the molecule is CCC(CC)CN(CC)C(=O)c1ccoc1Cl. The van der Waals surface area contributed by atoms with Gasteiger partial charge in [-0.2, -0.15) is 0 Å². The summed E-state index contributed by atoms with van der Waals surface area (Å²) in [7, 11) is 0. The van der Waals surface area contributed by atoms with Crippen molar-refractivity contribution >= 4 is 17.5 Å². The zero-order chi connectivity index (χ0) is 12.8. The van der Waals surface area contributed by atoms with Gasteiger partial charge >= 0.3 is 0 Å². The number of carbonyl (C=O) groups excluding carboxylic acids is 1. The lowest BCUT2D eigenvalue weighted by Crippen LogP contribution is -2.35. The Bertz CT molecular complexity index is 358. The van der Waals surface area contributed by atoms with Crippen molar-refractivity contribution in [1.82, 2.24) is 4.90 Å². The van der Waals surface area contributed by atoms with Gasteiger partial charge in [-0.3, -0.25) is 4.79 Å². The van der Waals surface area contributed by atoms with Crippen LogP contribution in [0.4, 0.5) is 0 Å². The normalized spacial score (nSPS) is 10.9. The molecule has 0 unspecified atom stereocenters. The van der Waals surface area contributed by atoms with E-state index in [1.54, 1.807) is 6.07 Å². The summed E-state index contributed by atoms with van der Waals surface area (Å²) in [6.45, 7) is 7.75. The van der Waals surface area contributed by atoms with Crippen LogP contribution >= 0.6 is 11.6 Å². The minimum Gasteiger partial charge on any atom is -0.452 e. The number of rotatable bonds is 6. The van der Waals surface area contributed by atoms with Gasteiger partial charge in [-0.05, 0) is 30.5 Å². The molecule has 0 aliphatic rings. The number of furan rings is 1. The molecule has 3 nitrogen and oxygen atoms in total. The van der Waals surface area contributed by atoms with E-state index in [-0.39, 0.29) is 11.1 Å². The van der Waals surface area contributed by atoms with Gasteiger partial charge in [0.05, 0.1) is 11.8 Å². The van der Waals surface area contributed by atoms with E-state index in [4.69, 9.17) is 16.0 Å². The van der Waals surface area contributed by atoms with Crippen LogP contribution < -0.4 is 0 Å². The second kappa shape index (κ2) is 6.70. The maximum Gasteiger partial charge on any atom is 0.258 e. The van der Waals surface area contributed by atoms with Crippen LogP contribution in [0.5, 0.6) is 0 Å². The van der Waals surface area contributed by atoms with E-state index in [0.717, 1.165) is 19.4 Å². The molecule has 0 aromatic carbocycles. The first-order chi connectivity index (χ1) is 8.13. The largest absolute Gasteiger partial charge is 0.452 e. The lowest BCUT2D eigenvalue weighted by molar-refractivity contribution is 0.0734. The van der Waals surface area contributed by atoms with Gasteiger partial charge in [0.15, 0.2) is 0 Å². The Balaban J connectivity index is 2.74. The van der Waals surface area contributed by atoms with Crippen LogP contribution in [0.25, 0.3) is 0 Å². The highest BCUT2D eigenvalue weighted by Crippen LogP contribution is 2.20. The standard InChI is InChI=1S/C13H20ClNO2/c1-4-10(5-2)9-15(6-3)13(16)11-7-8-17-12(11)14/h7-8,10H,4-6,9H2,1-3H3. The lowest BCUT2D eigenvalue weighted by Gasteiger charge is -2.25. The van der Waals surface area contributed by atoms with E-state index in [1.165, 1.54) is 6.26 Å². The van der Waals surface area contributed by atoms with Gasteiger partial charge in [0, 0.05) is 13.1 Å². The minimum absolute atomic E-state index is 0.0434.